The number of ether oxygens (including phenoxy) is 1. The molecule has 1 amide bonds. The molecule has 0 spiro atoms. The molecule has 27 heavy (non-hydrogen) atoms. The third-order valence-electron chi connectivity index (χ3n) is 5.96. The molecule has 2 fully saturated rings. The lowest BCUT2D eigenvalue weighted by atomic mass is 9.74. The van der Waals surface area contributed by atoms with E-state index in [9.17, 15) is 18.3 Å². The summed E-state index contributed by atoms with van der Waals surface area (Å²) in [5.41, 5.74) is 0.525. The Morgan fingerprint density at radius 1 is 1.30 bits per heavy atom. The Hall–Kier alpha value is -1.64. The number of likely N-dealkylation sites (tertiary alicyclic amines) is 1. The predicted molar refractivity (Wildman–Crippen MR) is 102 cm³/mol. The van der Waals surface area contributed by atoms with Crippen molar-refractivity contribution in [2.24, 2.45) is 11.3 Å². The number of aliphatic hydroxyl groups is 1. The van der Waals surface area contributed by atoms with Gasteiger partial charge >= 0.3 is 0 Å². The van der Waals surface area contributed by atoms with Gasteiger partial charge in [-0.3, -0.25) is 4.79 Å². The number of nitrogens with zero attached hydrogens (tertiary/aromatic N) is 2. The normalized spacial score (nSPS) is 26.0. The molecule has 8 heteroatoms. The summed E-state index contributed by atoms with van der Waals surface area (Å²) in [6, 6.07) is 7.66. The summed E-state index contributed by atoms with van der Waals surface area (Å²) in [7, 11) is -1.67. The van der Waals surface area contributed by atoms with Crippen molar-refractivity contribution in [2.45, 2.75) is 19.3 Å². The summed E-state index contributed by atoms with van der Waals surface area (Å²) in [6.07, 6.45) is 2.96. The number of aryl methyl sites for hydroxylation is 1. The number of rotatable bonds is 6. The minimum Gasteiger partial charge on any atom is -0.497 e. The van der Waals surface area contributed by atoms with Crippen LogP contribution < -0.4 is 4.74 Å². The zero-order valence-corrected chi connectivity index (χ0v) is 16.7. The molecule has 2 saturated heterocycles. The van der Waals surface area contributed by atoms with E-state index in [1.807, 2.05) is 24.3 Å². The summed E-state index contributed by atoms with van der Waals surface area (Å²) < 4.78 is 30.4. The van der Waals surface area contributed by atoms with Gasteiger partial charge in [0.25, 0.3) is 0 Å². The number of aliphatic hydroxyl groups excluding tert-OH is 1. The molecule has 2 atom stereocenters. The van der Waals surface area contributed by atoms with Crippen molar-refractivity contribution in [3.63, 3.8) is 0 Å². The van der Waals surface area contributed by atoms with Gasteiger partial charge in [-0.05, 0) is 36.5 Å². The van der Waals surface area contributed by atoms with Crippen molar-refractivity contribution in [2.75, 3.05) is 46.2 Å². The zero-order valence-electron chi connectivity index (χ0n) is 15.9. The first-order chi connectivity index (χ1) is 12.8. The molecular formula is C19H28N2O5S. The lowest BCUT2D eigenvalue weighted by molar-refractivity contribution is -0.136. The number of sulfonamides is 1. The Morgan fingerprint density at radius 2 is 2.00 bits per heavy atom. The first-order valence-corrected chi connectivity index (χ1v) is 11.1. The van der Waals surface area contributed by atoms with Gasteiger partial charge in [-0.25, -0.2) is 12.7 Å². The van der Waals surface area contributed by atoms with E-state index in [1.165, 1.54) is 10.6 Å². The predicted octanol–water partition coefficient (Wildman–Crippen LogP) is 0.730. The van der Waals surface area contributed by atoms with Crippen LogP contribution in [0.3, 0.4) is 0 Å². The fraction of sp³-hybridized carbons (Fsp3) is 0.632. The molecule has 1 aromatic rings. The highest BCUT2D eigenvalue weighted by Crippen LogP contribution is 2.42. The van der Waals surface area contributed by atoms with Gasteiger partial charge in [-0.1, -0.05) is 12.1 Å². The molecule has 1 N–H and O–H groups in total. The van der Waals surface area contributed by atoms with E-state index in [-0.39, 0.29) is 25.0 Å². The van der Waals surface area contributed by atoms with E-state index in [4.69, 9.17) is 4.74 Å². The fourth-order valence-electron chi connectivity index (χ4n) is 4.23. The van der Waals surface area contributed by atoms with Crippen molar-refractivity contribution in [3.05, 3.63) is 29.8 Å². The van der Waals surface area contributed by atoms with Crippen molar-refractivity contribution in [1.82, 2.24) is 9.21 Å². The molecular weight excluding hydrogens is 368 g/mol. The van der Waals surface area contributed by atoms with Gasteiger partial charge in [0.1, 0.15) is 5.75 Å². The number of piperidine rings is 1. The van der Waals surface area contributed by atoms with Crippen LogP contribution >= 0.6 is 0 Å². The smallest absolute Gasteiger partial charge is 0.222 e. The molecule has 3 rings (SSSR count). The van der Waals surface area contributed by atoms with E-state index >= 15 is 0 Å². The van der Waals surface area contributed by atoms with Gasteiger partial charge in [0, 0.05) is 38.0 Å². The van der Waals surface area contributed by atoms with Crippen LogP contribution in [0.1, 0.15) is 18.4 Å². The number of amides is 1. The molecule has 0 unspecified atom stereocenters. The lowest BCUT2D eigenvalue weighted by Gasteiger charge is -2.43. The number of methoxy groups -OCH3 is 1. The summed E-state index contributed by atoms with van der Waals surface area (Å²) in [6.45, 7) is 1.65. The standard InChI is InChI=1S/C19H28N2O5S/c1-26-17-6-3-15(4-7-17)5-8-18(23)20-10-9-16-11-21(27(2,24)25)13-19(16,12-20)14-22/h3-4,6-7,16,22H,5,8-14H2,1-2H3/t16-,19+/m0/s1. The van der Waals surface area contributed by atoms with E-state index in [0.717, 1.165) is 17.7 Å². The van der Waals surface area contributed by atoms with Crippen LogP contribution in [0.25, 0.3) is 0 Å². The molecule has 0 aromatic heterocycles. The number of benzene rings is 1. The molecule has 2 aliphatic heterocycles. The fourth-order valence-corrected chi connectivity index (χ4v) is 5.17. The van der Waals surface area contributed by atoms with Crippen LogP contribution in [0.4, 0.5) is 0 Å². The Morgan fingerprint density at radius 3 is 2.59 bits per heavy atom. The highest BCUT2D eigenvalue weighted by molar-refractivity contribution is 7.88. The Bertz CT molecular complexity index is 780. The lowest BCUT2D eigenvalue weighted by Crippen LogP contribution is -2.52. The minimum absolute atomic E-state index is 0.0508. The summed E-state index contributed by atoms with van der Waals surface area (Å²) in [5, 5.41) is 10.0. The van der Waals surface area contributed by atoms with Crippen molar-refractivity contribution < 1.29 is 23.1 Å². The number of hydrogen-bond acceptors (Lipinski definition) is 5. The molecule has 2 heterocycles. The first-order valence-electron chi connectivity index (χ1n) is 9.24. The number of carbonyl (C=O) groups is 1. The molecule has 0 aliphatic carbocycles. The second kappa shape index (κ2) is 7.77. The monoisotopic (exact) mass is 396 g/mol. The molecule has 150 valence electrons. The third-order valence-corrected chi connectivity index (χ3v) is 7.17. The zero-order chi connectivity index (χ0) is 19.7. The van der Waals surface area contributed by atoms with Crippen molar-refractivity contribution >= 4 is 15.9 Å². The highest BCUT2D eigenvalue weighted by atomic mass is 32.2. The molecule has 1 aromatic carbocycles. The second-order valence-electron chi connectivity index (χ2n) is 7.72. The Labute approximate surface area is 161 Å². The highest BCUT2D eigenvalue weighted by Gasteiger charge is 2.52. The molecule has 2 aliphatic rings. The molecule has 0 radical (unpaired) electrons. The van der Waals surface area contributed by atoms with Crippen LogP contribution in [-0.2, 0) is 21.2 Å². The topological polar surface area (TPSA) is 87.2 Å². The average molecular weight is 397 g/mol. The summed E-state index contributed by atoms with van der Waals surface area (Å²) in [5.74, 6) is 0.937. The van der Waals surface area contributed by atoms with Crippen LogP contribution in [0.15, 0.2) is 24.3 Å². The third kappa shape index (κ3) is 4.28. The van der Waals surface area contributed by atoms with E-state index in [2.05, 4.69) is 0 Å². The molecule has 0 bridgehead atoms. The molecule has 0 saturated carbocycles. The minimum atomic E-state index is -3.29. The van der Waals surface area contributed by atoms with Crippen LogP contribution in [-0.4, -0.2) is 74.8 Å². The van der Waals surface area contributed by atoms with E-state index in [0.29, 0.717) is 32.5 Å². The SMILES string of the molecule is COc1ccc(CCC(=O)N2CC[C@H]3CN(S(C)(=O)=O)C[C@@]3(CO)C2)cc1. The first kappa shape index (κ1) is 20.1. The van der Waals surface area contributed by atoms with Gasteiger partial charge in [-0.2, -0.15) is 0 Å². The van der Waals surface area contributed by atoms with Crippen molar-refractivity contribution in [3.8, 4) is 5.75 Å². The largest absolute Gasteiger partial charge is 0.497 e. The Kier molecular flexibility index (Phi) is 5.79. The maximum atomic E-state index is 12.7. The van der Waals surface area contributed by atoms with Gasteiger partial charge in [0.15, 0.2) is 0 Å². The van der Waals surface area contributed by atoms with Crippen LogP contribution in [0.2, 0.25) is 0 Å². The molecule has 7 nitrogen and oxygen atoms in total. The van der Waals surface area contributed by atoms with Crippen LogP contribution in [0.5, 0.6) is 5.75 Å². The van der Waals surface area contributed by atoms with Crippen molar-refractivity contribution in [1.29, 1.82) is 0 Å². The summed E-state index contributed by atoms with van der Waals surface area (Å²) >= 11 is 0. The second-order valence-corrected chi connectivity index (χ2v) is 9.71. The number of hydrogen-bond donors (Lipinski definition) is 1. The van der Waals surface area contributed by atoms with E-state index in [1.54, 1.807) is 12.0 Å². The van der Waals surface area contributed by atoms with E-state index < -0.39 is 15.4 Å². The van der Waals surface area contributed by atoms with Gasteiger partial charge in [0.05, 0.1) is 20.0 Å². The number of carbonyl (C=O) groups excluding carboxylic acids is 1. The Balaban J connectivity index is 1.62. The van der Waals surface area contributed by atoms with Gasteiger partial charge < -0.3 is 14.7 Å². The summed E-state index contributed by atoms with van der Waals surface area (Å²) in [4.78, 5) is 14.5. The maximum Gasteiger partial charge on any atom is 0.222 e. The quantitative estimate of drug-likeness (QED) is 0.766. The maximum absolute atomic E-state index is 12.7. The average Bonchev–Trinajstić information content (AvgIpc) is 3.06. The number of fused-ring (bicyclic) bond motifs is 1. The van der Waals surface area contributed by atoms with Gasteiger partial charge in [-0.15, -0.1) is 0 Å². The van der Waals surface area contributed by atoms with Gasteiger partial charge in [0.2, 0.25) is 15.9 Å². The van der Waals surface area contributed by atoms with Crippen LogP contribution in [0, 0.1) is 11.3 Å².